The minimum atomic E-state index is -3.88. The molecule has 39 heavy (non-hydrogen) atoms. The number of rotatable bonds is 12. The maximum absolute atomic E-state index is 14.1. The molecule has 3 rings (SSSR count). The van der Waals surface area contributed by atoms with Crippen LogP contribution in [0.1, 0.15) is 37.0 Å². The third-order valence-corrected chi connectivity index (χ3v) is 7.95. The number of sulfonamides is 1. The molecule has 0 aliphatic carbocycles. The molecule has 0 heterocycles. The first-order valence-corrected chi connectivity index (χ1v) is 15.1. The molecule has 3 aromatic rings. The standard InChI is InChI=1S/C30H36ClN3O4S/c1-5-23(3)32-30(36)28(19-24-13-7-6-8-14-24)33(20-25-15-11-12-22(2)18-25)29(35)21-34(39(4,37)38)27-17-10-9-16-26(27)31/h6-18,23,28H,5,19-21H2,1-4H3,(H,32,36)/t23-,28+/m0/s1. The highest BCUT2D eigenvalue weighted by atomic mass is 35.5. The summed E-state index contributed by atoms with van der Waals surface area (Å²) in [7, 11) is -3.88. The van der Waals surface area contributed by atoms with E-state index in [1.807, 2.05) is 75.4 Å². The van der Waals surface area contributed by atoms with Crippen molar-refractivity contribution in [3.8, 4) is 0 Å². The van der Waals surface area contributed by atoms with Crippen molar-refractivity contribution in [1.82, 2.24) is 10.2 Å². The Morgan fingerprint density at radius 1 is 0.949 bits per heavy atom. The predicted octanol–water partition coefficient (Wildman–Crippen LogP) is 4.97. The Morgan fingerprint density at radius 2 is 1.59 bits per heavy atom. The minimum Gasteiger partial charge on any atom is -0.352 e. The molecule has 0 aliphatic rings. The molecule has 9 heteroatoms. The van der Waals surface area contributed by atoms with Crippen LogP contribution in [0.4, 0.5) is 5.69 Å². The number of carbonyl (C=O) groups excluding carboxylic acids is 2. The van der Waals surface area contributed by atoms with E-state index >= 15 is 0 Å². The van der Waals surface area contributed by atoms with Crippen LogP contribution in [0, 0.1) is 6.92 Å². The highest BCUT2D eigenvalue weighted by Gasteiger charge is 2.33. The normalized spacial score (nSPS) is 12.8. The molecule has 0 bridgehead atoms. The molecule has 0 unspecified atom stereocenters. The van der Waals surface area contributed by atoms with Gasteiger partial charge in [-0.1, -0.05) is 90.8 Å². The molecule has 0 fully saturated rings. The van der Waals surface area contributed by atoms with Gasteiger partial charge in [0, 0.05) is 19.0 Å². The first kappa shape index (κ1) is 30.2. The lowest BCUT2D eigenvalue weighted by Crippen LogP contribution is -2.54. The first-order valence-electron chi connectivity index (χ1n) is 12.9. The summed E-state index contributed by atoms with van der Waals surface area (Å²) in [5.74, 6) is -0.806. The van der Waals surface area contributed by atoms with E-state index in [1.165, 1.54) is 4.90 Å². The second kappa shape index (κ2) is 13.6. The van der Waals surface area contributed by atoms with Gasteiger partial charge in [-0.05, 0) is 43.5 Å². The monoisotopic (exact) mass is 569 g/mol. The summed E-state index contributed by atoms with van der Waals surface area (Å²) in [6, 6.07) is 22.7. The van der Waals surface area contributed by atoms with Crippen LogP contribution < -0.4 is 9.62 Å². The molecular weight excluding hydrogens is 534 g/mol. The van der Waals surface area contributed by atoms with Gasteiger partial charge in [-0.15, -0.1) is 0 Å². The molecule has 0 radical (unpaired) electrons. The number of amides is 2. The number of benzene rings is 3. The SMILES string of the molecule is CC[C@H](C)NC(=O)[C@@H](Cc1ccccc1)N(Cc1cccc(C)c1)C(=O)CN(c1ccccc1Cl)S(C)(=O)=O. The van der Waals surface area contributed by atoms with Gasteiger partial charge in [-0.2, -0.15) is 0 Å². The molecule has 2 amide bonds. The van der Waals surface area contributed by atoms with Gasteiger partial charge in [-0.3, -0.25) is 13.9 Å². The average molecular weight is 570 g/mol. The smallest absolute Gasteiger partial charge is 0.244 e. The van der Waals surface area contributed by atoms with E-state index in [-0.39, 0.29) is 35.6 Å². The third-order valence-electron chi connectivity index (χ3n) is 6.51. The quantitative estimate of drug-likeness (QED) is 0.334. The second-order valence-electron chi connectivity index (χ2n) is 9.76. The van der Waals surface area contributed by atoms with Gasteiger partial charge in [0.1, 0.15) is 12.6 Å². The lowest BCUT2D eigenvalue weighted by atomic mass is 10.0. The fraction of sp³-hybridized carbons (Fsp3) is 0.333. The van der Waals surface area contributed by atoms with Crippen molar-refractivity contribution in [2.75, 3.05) is 17.1 Å². The fourth-order valence-electron chi connectivity index (χ4n) is 4.25. The summed E-state index contributed by atoms with van der Waals surface area (Å²) in [5, 5.41) is 3.23. The van der Waals surface area contributed by atoms with Crippen LogP contribution in [-0.2, 0) is 32.6 Å². The van der Waals surface area contributed by atoms with Crippen LogP contribution in [-0.4, -0.2) is 50.0 Å². The lowest BCUT2D eigenvalue weighted by Gasteiger charge is -2.34. The molecule has 0 spiro atoms. The lowest BCUT2D eigenvalue weighted by molar-refractivity contribution is -0.140. The fourth-order valence-corrected chi connectivity index (χ4v) is 5.40. The van der Waals surface area contributed by atoms with Crippen LogP contribution in [0.15, 0.2) is 78.9 Å². The summed E-state index contributed by atoms with van der Waals surface area (Å²) in [4.78, 5) is 29.2. The Hall–Kier alpha value is -3.36. The van der Waals surface area contributed by atoms with Crippen LogP contribution in [0.25, 0.3) is 0 Å². The van der Waals surface area contributed by atoms with Gasteiger partial charge in [0.05, 0.1) is 17.0 Å². The van der Waals surface area contributed by atoms with E-state index in [1.54, 1.807) is 24.3 Å². The van der Waals surface area contributed by atoms with Crippen LogP contribution in [0.3, 0.4) is 0 Å². The van der Waals surface area contributed by atoms with E-state index in [0.29, 0.717) is 0 Å². The number of aryl methyl sites for hydroxylation is 1. The number of halogens is 1. The minimum absolute atomic E-state index is 0.0951. The number of hydrogen-bond acceptors (Lipinski definition) is 4. The van der Waals surface area contributed by atoms with E-state index in [2.05, 4.69) is 5.32 Å². The zero-order chi connectivity index (χ0) is 28.6. The molecule has 0 saturated carbocycles. The number of para-hydroxylation sites is 1. The van der Waals surface area contributed by atoms with Crippen molar-refractivity contribution in [2.45, 2.75) is 52.2 Å². The van der Waals surface area contributed by atoms with Crippen molar-refractivity contribution < 1.29 is 18.0 Å². The summed E-state index contributed by atoms with van der Waals surface area (Å²) in [6.07, 6.45) is 2.03. The molecule has 7 nitrogen and oxygen atoms in total. The summed E-state index contributed by atoms with van der Waals surface area (Å²) < 4.78 is 26.7. The first-order chi connectivity index (χ1) is 18.5. The zero-order valence-corrected chi connectivity index (χ0v) is 24.4. The van der Waals surface area contributed by atoms with E-state index in [0.717, 1.165) is 33.7 Å². The molecule has 3 aromatic carbocycles. The highest BCUT2D eigenvalue weighted by molar-refractivity contribution is 7.92. The molecular formula is C30H36ClN3O4S. The number of nitrogens with zero attached hydrogens (tertiary/aromatic N) is 2. The van der Waals surface area contributed by atoms with Gasteiger partial charge in [-0.25, -0.2) is 8.42 Å². The van der Waals surface area contributed by atoms with E-state index < -0.39 is 28.5 Å². The second-order valence-corrected chi connectivity index (χ2v) is 12.1. The average Bonchev–Trinajstić information content (AvgIpc) is 2.89. The van der Waals surface area contributed by atoms with Crippen molar-refractivity contribution >= 4 is 39.1 Å². The van der Waals surface area contributed by atoms with Crippen molar-refractivity contribution in [3.63, 3.8) is 0 Å². The van der Waals surface area contributed by atoms with Crippen molar-refractivity contribution in [3.05, 3.63) is 101 Å². The third kappa shape index (κ3) is 8.57. The number of carbonyl (C=O) groups is 2. The van der Waals surface area contributed by atoms with Gasteiger partial charge in [0.25, 0.3) is 0 Å². The Kier molecular flexibility index (Phi) is 10.5. The molecule has 2 atom stereocenters. The molecule has 208 valence electrons. The van der Waals surface area contributed by atoms with Crippen LogP contribution in [0.5, 0.6) is 0 Å². The number of anilines is 1. The molecule has 0 saturated heterocycles. The van der Waals surface area contributed by atoms with Gasteiger partial charge < -0.3 is 10.2 Å². The van der Waals surface area contributed by atoms with E-state index in [4.69, 9.17) is 11.6 Å². The van der Waals surface area contributed by atoms with Crippen LogP contribution >= 0.6 is 11.6 Å². The Balaban J connectivity index is 2.07. The zero-order valence-electron chi connectivity index (χ0n) is 22.8. The summed E-state index contributed by atoms with van der Waals surface area (Å²) in [6.45, 7) is 5.46. The Labute approximate surface area is 236 Å². The molecule has 0 aromatic heterocycles. The largest absolute Gasteiger partial charge is 0.352 e. The highest BCUT2D eigenvalue weighted by Crippen LogP contribution is 2.27. The number of nitrogens with one attached hydrogen (secondary N) is 1. The van der Waals surface area contributed by atoms with E-state index in [9.17, 15) is 18.0 Å². The summed E-state index contributed by atoms with van der Waals surface area (Å²) >= 11 is 6.33. The van der Waals surface area contributed by atoms with Crippen molar-refractivity contribution in [1.29, 1.82) is 0 Å². The summed E-state index contributed by atoms with van der Waals surface area (Å²) in [5.41, 5.74) is 2.93. The molecule has 1 N–H and O–H groups in total. The molecule has 0 aliphatic heterocycles. The van der Waals surface area contributed by atoms with Gasteiger partial charge in [0.15, 0.2) is 0 Å². The maximum Gasteiger partial charge on any atom is 0.244 e. The maximum atomic E-state index is 14.1. The Morgan fingerprint density at radius 3 is 2.21 bits per heavy atom. The van der Waals surface area contributed by atoms with Gasteiger partial charge >= 0.3 is 0 Å². The predicted molar refractivity (Wildman–Crippen MR) is 157 cm³/mol. The van der Waals surface area contributed by atoms with Crippen LogP contribution in [0.2, 0.25) is 5.02 Å². The number of hydrogen-bond donors (Lipinski definition) is 1. The topological polar surface area (TPSA) is 86.8 Å². The Bertz CT molecular complexity index is 1380. The van der Waals surface area contributed by atoms with Gasteiger partial charge in [0.2, 0.25) is 21.8 Å². The van der Waals surface area contributed by atoms with Crippen molar-refractivity contribution in [2.24, 2.45) is 0 Å².